The van der Waals surface area contributed by atoms with Gasteiger partial charge in [0, 0.05) is 12.1 Å². The molecule has 0 saturated heterocycles. The molecule has 0 radical (unpaired) electrons. The van der Waals surface area contributed by atoms with E-state index in [1.54, 1.807) is 24.3 Å². The van der Waals surface area contributed by atoms with E-state index in [0.29, 0.717) is 17.8 Å². The molecular weight excluding hydrogens is 212 g/mol. The molecule has 0 bridgehead atoms. The number of nitrogens with zero attached hydrogens (tertiary/aromatic N) is 1. The molecule has 0 aliphatic heterocycles. The van der Waals surface area contributed by atoms with Crippen LogP contribution < -0.4 is 5.32 Å². The number of rotatable bonds is 3. The lowest BCUT2D eigenvalue weighted by molar-refractivity contribution is 0.0949. The number of hydrogen-bond donors (Lipinski definition) is 1. The van der Waals surface area contributed by atoms with Crippen LogP contribution in [-0.2, 0) is 0 Å². The van der Waals surface area contributed by atoms with Gasteiger partial charge in [-0.25, -0.2) is 4.85 Å². The molecule has 0 heterocycles. The van der Waals surface area contributed by atoms with Crippen LogP contribution in [0.5, 0.6) is 0 Å². The third-order valence-corrected chi connectivity index (χ3v) is 2.42. The fourth-order valence-electron chi connectivity index (χ4n) is 1.34. The molecule has 3 nitrogen and oxygen atoms in total. The standard InChI is InChI=1S/C14H18N2O/c1-14(2,3)9-10-16-13(17)11-5-7-12(15-4)8-6-11/h5-8H,9-10H2,1-3H3,(H,16,17). The number of benzene rings is 1. The summed E-state index contributed by atoms with van der Waals surface area (Å²) in [5, 5.41) is 2.88. The van der Waals surface area contributed by atoms with Gasteiger partial charge in [0.15, 0.2) is 5.69 Å². The Morgan fingerprint density at radius 2 is 1.88 bits per heavy atom. The van der Waals surface area contributed by atoms with Gasteiger partial charge in [0.1, 0.15) is 0 Å². The summed E-state index contributed by atoms with van der Waals surface area (Å²) in [6.07, 6.45) is 0.943. The van der Waals surface area contributed by atoms with Crippen molar-refractivity contribution in [1.29, 1.82) is 0 Å². The predicted molar refractivity (Wildman–Crippen MR) is 69.1 cm³/mol. The minimum atomic E-state index is -0.0780. The molecular formula is C14H18N2O. The number of carbonyl (C=O) groups excluding carboxylic acids is 1. The lowest BCUT2D eigenvalue weighted by Crippen LogP contribution is -2.27. The molecule has 0 aliphatic rings. The summed E-state index contributed by atoms with van der Waals surface area (Å²) in [4.78, 5) is 15.0. The van der Waals surface area contributed by atoms with Crippen LogP contribution in [0.1, 0.15) is 37.6 Å². The SMILES string of the molecule is [C-]#[N+]c1ccc(C(=O)NCCC(C)(C)C)cc1. The van der Waals surface area contributed by atoms with Crippen molar-refractivity contribution in [3.05, 3.63) is 41.2 Å². The maximum Gasteiger partial charge on any atom is 0.251 e. The van der Waals surface area contributed by atoms with Gasteiger partial charge in [-0.2, -0.15) is 0 Å². The highest BCUT2D eigenvalue weighted by Gasteiger charge is 2.11. The molecule has 1 aromatic carbocycles. The monoisotopic (exact) mass is 230 g/mol. The summed E-state index contributed by atoms with van der Waals surface area (Å²) in [5.41, 5.74) is 1.38. The summed E-state index contributed by atoms with van der Waals surface area (Å²) in [6, 6.07) is 6.68. The van der Waals surface area contributed by atoms with E-state index in [1.807, 2.05) is 0 Å². The van der Waals surface area contributed by atoms with Crippen LogP contribution in [0.15, 0.2) is 24.3 Å². The van der Waals surface area contributed by atoms with Crippen molar-refractivity contribution in [3.8, 4) is 0 Å². The van der Waals surface area contributed by atoms with Gasteiger partial charge in [0.05, 0.1) is 6.57 Å². The summed E-state index contributed by atoms with van der Waals surface area (Å²) in [6.45, 7) is 13.9. The van der Waals surface area contributed by atoms with Crippen LogP contribution in [-0.4, -0.2) is 12.5 Å². The third-order valence-electron chi connectivity index (χ3n) is 2.42. The Hall–Kier alpha value is -1.82. The van der Waals surface area contributed by atoms with Gasteiger partial charge in [0.25, 0.3) is 5.91 Å². The Bertz CT molecular complexity index is 421. The summed E-state index contributed by atoms with van der Waals surface area (Å²) in [7, 11) is 0. The van der Waals surface area contributed by atoms with E-state index in [2.05, 4.69) is 30.9 Å². The molecule has 3 heteroatoms. The summed E-state index contributed by atoms with van der Waals surface area (Å²) >= 11 is 0. The molecule has 0 unspecified atom stereocenters. The van der Waals surface area contributed by atoms with Crippen molar-refractivity contribution in [3.63, 3.8) is 0 Å². The second-order valence-electron chi connectivity index (χ2n) is 5.23. The van der Waals surface area contributed by atoms with E-state index in [4.69, 9.17) is 6.57 Å². The molecule has 90 valence electrons. The first kappa shape index (κ1) is 13.2. The predicted octanol–water partition coefficient (Wildman–Crippen LogP) is 3.40. The largest absolute Gasteiger partial charge is 0.352 e. The second kappa shape index (κ2) is 5.49. The lowest BCUT2D eigenvalue weighted by atomic mass is 9.92. The van der Waals surface area contributed by atoms with E-state index in [1.165, 1.54) is 0 Å². The molecule has 0 aliphatic carbocycles. The second-order valence-corrected chi connectivity index (χ2v) is 5.23. The average molecular weight is 230 g/mol. The van der Waals surface area contributed by atoms with Crippen LogP contribution >= 0.6 is 0 Å². The first-order valence-electron chi connectivity index (χ1n) is 5.68. The van der Waals surface area contributed by atoms with E-state index < -0.39 is 0 Å². The van der Waals surface area contributed by atoms with Gasteiger partial charge in [-0.15, -0.1) is 0 Å². The molecule has 1 aromatic rings. The van der Waals surface area contributed by atoms with Crippen LogP contribution in [0.2, 0.25) is 0 Å². The van der Waals surface area contributed by atoms with Crippen LogP contribution in [0.4, 0.5) is 5.69 Å². The zero-order valence-electron chi connectivity index (χ0n) is 10.6. The highest BCUT2D eigenvalue weighted by atomic mass is 16.1. The van der Waals surface area contributed by atoms with Gasteiger partial charge < -0.3 is 5.32 Å². The Morgan fingerprint density at radius 1 is 1.29 bits per heavy atom. The lowest BCUT2D eigenvalue weighted by Gasteiger charge is -2.18. The molecule has 1 N–H and O–H groups in total. The summed E-state index contributed by atoms with van der Waals surface area (Å²) < 4.78 is 0. The van der Waals surface area contributed by atoms with Crippen molar-refractivity contribution in [1.82, 2.24) is 5.32 Å². The van der Waals surface area contributed by atoms with Gasteiger partial charge in [-0.3, -0.25) is 4.79 Å². The van der Waals surface area contributed by atoms with Crippen LogP contribution in [0.25, 0.3) is 4.85 Å². The molecule has 1 rings (SSSR count). The Morgan fingerprint density at radius 3 is 2.35 bits per heavy atom. The molecule has 17 heavy (non-hydrogen) atoms. The minimum Gasteiger partial charge on any atom is -0.352 e. The third kappa shape index (κ3) is 4.69. The van der Waals surface area contributed by atoms with Crippen molar-refractivity contribution in [2.24, 2.45) is 5.41 Å². The maximum atomic E-state index is 11.7. The molecule has 1 amide bonds. The topological polar surface area (TPSA) is 33.5 Å². The maximum absolute atomic E-state index is 11.7. The fourth-order valence-corrected chi connectivity index (χ4v) is 1.34. The Kier molecular flexibility index (Phi) is 4.28. The van der Waals surface area contributed by atoms with E-state index >= 15 is 0 Å². The van der Waals surface area contributed by atoms with E-state index in [-0.39, 0.29) is 11.3 Å². The fraction of sp³-hybridized carbons (Fsp3) is 0.429. The van der Waals surface area contributed by atoms with Crippen molar-refractivity contribution in [2.45, 2.75) is 27.2 Å². The quantitative estimate of drug-likeness (QED) is 0.793. The average Bonchev–Trinajstić information content (AvgIpc) is 2.27. The van der Waals surface area contributed by atoms with Crippen molar-refractivity contribution in [2.75, 3.05) is 6.54 Å². The molecule has 0 spiro atoms. The molecule has 0 saturated carbocycles. The normalized spacial score (nSPS) is 10.7. The van der Waals surface area contributed by atoms with Gasteiger partial charge in [0.2, 0.25) is 0 Å². The molecule has 0 aromatic heterocycles. The number of hydrogen-bond acceptors (Lipinski definition) is 1. The Labute approximate surface area is 103 Å². The molecule has 0 fully saturated rings. The molecule has 0 atom stereocenters. The van der Waals surface area contributed by atoms with Crippen molar-refractivity contribution < 1.29 is 4.79 Å². The zero-order chi connectivity index (χ0) is 12.9. The van der Waals surface area contributed by atoms with Gasteiger partial charge in [-0.1, -0.05) is 45.0 Å². The van der Waals surface area contributed by atoms with Crippen LogP contribution in [0, 0.1) is 12.0 Å². The Balaban J connectivity index is 2.50. The zero-order valence-corrected chi connectivity index (χ0v) is 10.6. The van der Waals surface area contributed by atoms with Crippen LogP contribution in [0.3, 0.4) is 0 Å². The smallest absolute Gasteiger partial charge is 0.251 e. The van der Waals surface area contributed by atoms with Gasteiger partial charge >= 0.3 is 0 Å². The first-order valence-corrected chi connectivity index (χ1v) is 5.68. The van der Waals surface area contributed by atoms with Gasteiger partial charge in [-0.05, 0) is 11.8 Å². The van der Waals surface area contributed by atoms with E-state index in [0.717, 1.165) is 6.42 Å². The number of carbonyl (C=O) groups is 1. The minimum absolute atomic E-state index is 0.0780. The highest BCUT2D eigenvalue weighted by Crippen LogP contribution is 2.17. The van der Waals surface area contributed by atoms with Crippen molar-refractivity contribution >= 4 is 11.6 Å². The number of nitrogens with one attached hydrogen (secondary N) is 1. The number of amides is 1. The summed E-state index contributed by atoms with van der Waals surface area (Å²) in [5.74, 6) is -0.0780. The highest BCUT2D eigenvalue weighted by molar-refractivity contribution is 5.94. The first-order chi connectivity index (χ1) is 7.92. The van der Waals surface area contributed by atoms with E-state index in [9.17, 15) is 4.79 Å².